The number of benzene rings is 6. The molecule has 0 aliphatic carbocycles. The fourth-order valence-corrected chi connectivity index (χ4v) is 7.84. The summed E-state index contributed by atoms with van der Waals surface area (Å²) in [5.41, 5.74) is 12.0. The van der Waals surface area contributed by atoms with E-state index in [4.69, 9.17) is 15.0 Å². The van der Waals surface area contributed by atoms with Crippen LogP contribution < -0.4 is 0 Å². The lowest BCUT2D eigenvalue weighted by molar-refractivity contribution is 1.33. The molecule has 5 heteroatoms. The SMILES string of the molecule is c1ccc2c(-c3ccc4ccc(-c5ccc6nc(-c7ccc(-c8ccc9ccc%10cccnc%10c9n8)c8ccccc78)ccc6c5)cc4n3)cncc2c1. The fraction of sp³-hybridized carbons (Fsp3) is 0. The topological polar surface area (TPSA) is 64.5 Å². The van der Waals surface area contributed by atoms with Crippen molar-refractivity contribution >= 4 is 65.2 Å². The largest absolute Gasteiger partial charge is 0.263 e. The van der Waals surface area contributed by atoms with E-state index < -0.39 is 0 Å². The van der Waals surface area contributed by atoms with Crippen molar-refractivity contribution < 1.29 is 0 Å². The number of fused-ring (bicyclic) bond motifs is 7. The first-order valence-corrected chi connectivity index (χ1v) is 18.1. The summed E-state index contributed by atoms with van der Waals surface area (Å²) in [6.07, 6.45) is 5.64. The summed E-state index contributed by atoms with van der Waals surface area (Å²) in [4.78, 5) is 24.6. The number of aromatic nitrogens is 5. The second kappa shape index (κ2) is 12.1. The van der Waals surface area contributed by atoms with Crippen molar-refractivity contribution in [2.24, 2.45) is 0 Å². The van der Waals surface area contributed by atoms with E-state index in [-0.39, 0.29) is 0 Å². The van der Waals surface area contributed by atoms with E-state index in [1.807, 2.05) is 30.7 Å². The van der Waals surface area contributed by atoms with Crippen molar-refractivity contribution in [3.8, 4) is 44.9 Å². The predicted octanol–water partition coefficient (Wildman–Crippen LogP) is 12.2. The molecule has 0 saturated carbocycles. The van der Waals surface area contributed by atoms with Crippen molar-refractivity contribution in [2.75, 3.05) is 0 Å². The first kappa shape index (κ1) is 30.3. The van der Waals surface area contributed by atoms with Crippen molar-refractivity contribution in [2.45, 2.75) is 0 Å². The minimum atomic E-state index is 0.914. The van der Waals surface area contributed by atoms with Gasteiger partial charge in [-0.05, 0) is 69.8 Å². The summed E-state index contributed by atoms with van der Waals surface area (Å²) < 4.78 is 0. The zero-order valence-corrected chi connectivity index (χ0v) is 29.0. The quantitative estimate of drug-likeness (QED) is 0.172. The molecular weight excluding hydrogens is 659 g/mol. The molecule has 54 heavy (non-hydrogen) atoms. The van der Waals surface area contributed by atoms with Gasteiger partial charge in [-0.2, -0.15) is 0 Å². The van der Waals surface area contributed by atoms with Gasteiger partial charge in [0.05, 0.1) is 39.1 Å². The molecule has 0 aliphatic rings. The summed E-state index contributed by atoms with van der Waals surface area (Å²) in [6.45, 7) is 0. The Bertz CT molecular complexity index is 3290. The van der Waals surface area contributed by atoms with Gasteiger partial charge in [0.15, 0.2) is 0 Å². The first-order chi connectivity index (χ1) is 26.7. The van der Waals surface area contributed by atoms with E-state index in [0.717, 1.165) is 110 Å². The van der Waals surface area contributed by atoms with Crippen LogP contribution in [0.4, 0.5) is 0 Å². The molecule has 5 aromatic heterocycles. The Hall–Kier alpha value is -7.37. The molecule has 0 fully saturated rings. The van der Waals surface area contributed by atoms with Gasteiger partial charge in [-0.25, -0.2) is 15.0 Å². The highest BCUT2D eigenvalue weighted by Gasteiger charge is 2.14. The van der Waals surface area contributed by atoms with E-state index in [0.29, 0.717) is 0 Å². The van der Waals surface area contributed by atoms with Crippen LogP contribution in [-0.4, -0.2) is 24.9 Å². The van der Waals surface area contributed by atoms with Gasteiger partial charge in [0.25, 0.3) is 0 Å². The highest BCUT2D eigenvalue weighted by molar-refractivity contribution is 6.07. The van der Waals surface area contributed by atoms with Gasteiger partial charge in [0.2, 0.25) is 0 Å². The molecule has 0 unspecified atom stereocenters. The molecular formula is C49H29N5. The molecule has 250 valence electrons. The Labute approximate surface area is 310 Å². The summed E-state index contributed by atoms with van der Waals surface area (Å²) in [5, 5.41) is 8.88. The molecule has 5 nitrogen and oxygen atoms in total. The Morgan fingerprint density at radius 2 is 0.926 bits per heavy atom. The van der Waals surface area contributed by atoms with Crippen LogP contribution in [0.2, 0.25) is 0 Å². The third-order valence-corrected chi connectivity index (χ3v) is 10.6. The molecule has 0 spiro atoms. The Kier molecular flexibility index (Phi) is 6.79. The molecule has 0 saturated heterocycles. The third kappa shape index (κ3) is 4.98. The van der Waals surface area contributed by atoms with Gasteiger partial charge >= 0.3 is 0 Å². The Morgan fingerprint density at radius 3 is 1.76 bits per heavy atom. The molecule has 0 radical (unpaired) electrons. The molecule has 0 N–H and O–H groups in total. The van der Waals surface area contributed by atoms with Crippen molar-refractivity contribution in [3.63, 3.8) is 0 Å². The summed E-state index contributed by atoms with van der Waals surface area (Å²) >= 11 is 0. The summed E-state index contributed by atoms with van der Waals surface area (Å²) in [6, 6.07) is 55.3. The van der Waals surface area contributed by atoms with Gasteiger partial charge in [0.1, 0.15) is 0 Å². The van der Waals surface area contributed by atoms with E-state index in [1.165, 1.54) is 0 Å². The van der Waals surface area contributed by atoms with E-state index in [2.05, 4.69) is 156 Å². The second-order valence-corrected chi connectivity index (χ2v) is 13.7. The molecule has 11 rings (SSSR count). The molecule has 5 heterocycles. The number of hydrogen-bond acceptors (Lipinski definition) is 5. The lowest BCUT2D eigenvalue weighted by atomic mass is 9.95. The Balaban J connectivity index is 0.954. The molecule has 0 atom stereocenters. The minimum absolute atomic E-state index is 0.914. The zero-order valence-electron chi connectivity index (χ0n) is 29.0. The lowest BCUT2D eigenvalue weighted by Crippen LogP contribution is -1.92. The third-order valence-electron chi connectivity index (χ3n) is 10.6. The van der Waals surface area contributed by atoms with Crippen LogP contribution in [0.3, 0.4) is 0 Å². The smallest absolute Gasteiger partial charge is 0.0972 e. The van der Waals surface area contributed by atoms with Crippen LogP contribution in [0.15, 0.2) is 176 Å². The number of nitrogens with zero attached hydrogens (tertiary/aromatic N) is 5. The maximum Gasteiger partial charge on any atom is 0.0972 e. The molecule has 6 aromatic carbocycles. The van der Waals surface area contributed by atoms with Gasteiger partial charge in [0, 0.05) is 62.2 Å². The van der Waals surface area contributed by atoms with Gasteiger partial charge in [-0.15, -0.1) is 0 Å². The van der Waals surface area contributed by atoms with E-state index in [1.54, 1.807) is 0 Å². The van der Waals surface area contributed by atoms with Gasteiger partial charge < -0.3 is 0 Å². The lowest BCUT2D eigenvalue weighted by Gasteiger charge is -2.13. The standard InChI is InChI=1S/C49H29N5/c1-2-8-37-36(6-1)28-50-29-42(37)46-22-15-30-11-14-34(27-47(30)53-46)33-17-21-43-35(26-33)18-24-44(52-43)40-19-20-41(39-10-4-3-9-38(39)40)45-23-16-32-13-12-31-7-5-25-51-48(31)49(32)54-45/h1-29H. The highest BCUT2D eigenvalue weighted by atomic mass is 14.8. The average Bonchev–Trinajstić information content (AvgIpc) is 3.25. The second-order valence-electron chi connectivity index (χ2n) is 13.7. The maximum atomic E-state index is 5.19. The minimum Gasteiger partial charge on any atom is -0.263 e. The van der Waals surface area contributed by atoms with Crippen molar-refractivity contribution in [1.29, 1.82) is 0 Å². The maximum absolute atomic E-state index is 5.19. The van der Waals surface area contributed by atoms with Crippen molar-refractivity contribution in [1.82, 2.24) is 24.9 Å². The molecule has 0 aliphatic heterocycles. The molecule has 0 amide bonds. The number of rotatable bonds is 4. The van der Waals surface area contributed by atoms with Gasteiger partial charge in [-0.3, -0.25) is 9.97 Å². The van der Waals surface area contributed by atoms with Crippen molar-refractivity contribution in [3.05, 3.63) is 176 Å². The highest BCUT2D eigenvalue weighted by Crippen LogP contribution is 2.37. The van der Waals surface area contributed by atoms with Crippen LogP contribution in [0.5, 0.6) is 0 Å². The van der Waals surface area contributed by atoms with Crippen LogP contribution in [0, 0.1) is 0 Å². The van der Waals surface area contributed by atoms with Crippen LogP contribution in [-0.2, 0) is 0 Å². The zero-order chi connectivity index (χ0) is 35.6. The Morgan fingerprint density at radius 1 is 0.333 bits per heavy atom. The fourth-order valence-electron chi connectivity index (χ4n) is 7.84. The number of hydrogen-bond donors (Lipinski definition) is 0. The molecule has 0 bridgehead atoms. The average molecular weight is 688 g/mol. The van der Waals surface area contributed by atoms with E-state index >= 15 is 0 Å². The van der Waals surface area contributed by atoms with Crippen LogP contribution in [0.25, 0.3) is 110 Å². The molecule has 11 aromatic rings. The normalized spacial score (nSPS) is 11.7. The summed E-state index contributed by atoms with van der Waals surface area (Å²) in [7, 11) is 0. The predicted molar refractivity (Wildman–Crippen MR) is 222 cm³/mol. The first-order valence-electron chi connectivity index (χ1n) is 18.1. The van der Waals surface area contributed by atoms with E-state index in [9.17, 15) is 0 Å². The van der Waals surface area contributed by atoms with Crippen LogP contribution >= 0.6 is 0 Å². The monoisotopic (exact) mass is 687 g/mol. The van der Waals surface area contributed by atoms with Gasteiger partial charge in [-0.1, -0.05) is 115 Å². The van der Waals surface area contributed by atoms with Crippen LogP contribution in [0.1, 0.15) is 0 Å². The number of pyridine rings is 5. The summed E-state index contributed by atoms with van der Waals surface area (Å²) in [5.74, 6) is 0.